The molecule has 4 unspecified atom stereocenters. The first-order valence-electron chi connectivity index (χ1n) is 24.7. The number of hydrogen-bond donors (Lipinski definition) is 4. The van der Waals surface area contributed by atoms with Crippen molar-refractivity contribution in [3.63, 3.8) is 0 Å². The summed E-state index contributed by atoms with van der Waals surface area (Å²) in [5.41, 5.74) is 29.4. The molecule has 4 bridgehead atoms. The van der Waals surface area contributed by atoms with Gasteiger partial charge in [-0.3, -0.25) is 9.59 Å². The third-order valence-corrected chi connectivity index (χ3v) is 17.2. The normalized spacial score (nSPS) is 17.2. The summed E-state index contributed by atoms with van der Waals surface area (Å²) in [6, 6.07) is 41.0. The quantitative estimate of drug-likeness (QED) is 0.101. The van der Waals surface area contributed by atoms with Crippen molar-refractivity contribution >= 4 is 43.1 Å². The summed E-state index contributed by atoms with van der Waals surface area (Å²) in [4.78, 5) is 35.3. The van der Waals surface area contributed by atoms with E-state index >= 15 is 0 Å². The van der Waals surface area contributed by atoms with Crippen molar-refractivity contribution in [3.05, 3.63) is 223 Å². The molecule has 4 aliphatic rings. The number of hydrogen-bond acceptors (Lipinski definition) is 12. The summed E-state index contributed by atoms with van der Waals surface area (Å²) in [6.45, 7) is 8.40. The molecule has 0 aliphatic carbocycles. The van der Waals surface area contributed by atoms with E-state index < -0.39 is 19.7 Å². The fourth-order valence-corrected chi connectivity index (χ4v) is 13.0. The minimum Gasteiger partial charge on any atom is -0.384 e. The van der Waals surface area contributed by atoms with Gasteiger partial charge in [-0.1, -0.05) is 72.8 Å². The van der Waals surface area contributed by atoms with Crippen molar-refractivity contribution < 1.29 is 35.9 Å². The van der Waals surface area contributed by atoms with Gasteiger partial charge in [0.05, 0.1) is 9.79 Å². The maximum Gasteiger partial charge on any atom is 0.251 e. The highest BCUT2D eigenvalue weighted by molar-refractivity contribution is 7.91. The van der Waals surface area contributed by atoms with E-state index in [9.17, 15) is 26.4 Å². The smallest absolute Gasteiger partial charge is 0.251 e. The molecule has 2 amide bonds. The monoisotopic (exact) mass is 1050 g/mol. The van der Waals surface area contributed by atoms with Gasteiger partial charge in [0, 0.05) is 59.2 Å². The van der Waals surface area contributed by atoms with Gasteiger partial charge >= 0.3 is 0 Å². The molecular weight excluding hydrogens is 997 g/mol. The van der Waals surface area contributed by atoms with Gasteiger partial charge in [0.15, 0.2) is 19.7 Å². The summed E-state index contributed by atoms with van der Waals surface area (Å²) < 4.78 is 62.1. The number of carbonyl (C=O) groups is 2. The second-order valence-electron chi connectivity index (χ2n) is 19.9. The van der Waals surface area contributed by atoms with Crippen molar-refractivity contribution in [2.75, 3.05) is 24.0 Å². The Morgan fingerprint density at radius 1 is 0.474 bits per heavy atom. The minimum absolute atomic E-state index is 0.167. The van der Waals surface area contributed by atoms with Crippen molar-refractivity contribution in [3.8, 4) is 22.3 Å². The highest BCUT2D eigenvalue weighted by Gasteiger charge is 2.44. The van der Waals surface area contributed by atoms with E-state index in [2.05, 4.69) is 20.6 Å². The van der Waals surface area contributed by atoms with Crippen molar-refractivity contribution in [2.45, 2.75) is 75.0 Å². The highest BCUT2D eigenvalue weighted by Crippen LogP contribution is 2.56. The average molecular weight is 1050 g/mol. The lowest BCUT2D eigenvalue weighted by molar-refractivity contribution is 0.0856. The lowest BCUT2D eigenvalue weighted by Crippen LogP contribution is -2.24. The second kappa shape index (κ2) is 19.0. The predicted octanol–water partition coefficient (Wildman–Crippen LogP) is 9.61. The molecule has 384 valence electrons. The van der Waals surface area contributed by atoms with Gasteiger partial charge in [-0.25, -0.2) is 26.8 Å². The van der Waals surface area contributed by atoms with Crippen LogP contribution in [0.25, 0.3) is 22.3 Å². The highest BCUT2D eigenvalue weighted by atomic mass is 32.2. The maximum atomic E-state index is 13.1. The van der Waals surface area contributed by atoms with Crippen LogP contribution in [0.2, 0.25) is 0 Å². The Kier molecular flexibility index (Phi) is 12.5. The molecule has 12 rings (SSSR count). The Hall–Kier alpha value is -8.02. The Balaban J connectivity index is 0.000000162. The lowest BCUT2D eigenvalue weighted by Gasteiger charge is -2.18. The van der Waals surface area contributed by atoms with Crippen molar-refractivity contribution in [1.82, 2.24) is 20.6 Å². The molecule has 4 aliphatic heterocycles. The van der Waals surface area contributed by atoms with Crippen molar-refractivity contribution in [2.24, 2.45) is 0 Å². The number of nitrogen functional groups attached to an aromatic ring is 2. The lowest BCUT2D eigenvalue weighted by atomic mass is 9.84. The average Bonchev–Trinajstić information content (AvgIpc) is 4.18. The van der Waals surface area contributed by atoms with Crippen LogP contribution in [0.5, 0.6) is 0 Å². The summed E-state index contributed by atoms with van der Waals surface area (Å²) in [5.74, 6) is 0.587. The fraction of sp³-hybridized carbons (Fsp3) is 0.200. The van der Waals surface area contributed by atoms with Crippen LogP contribution < -0.4 is 22.1 Å². The SMILES string of the molecule is Cc1cc(N)nc(C)c1CNC(=O)c1ccc2c(c1)C1OC2c2cc(-c3ccccc3S(C)(=O)=O)ccc21.Cc1cc(N)nc(C)c1CNC(=O)c1ccc2c(c1)C1OC2c2ccc(-c3ccccc3S(C)(=O)=O)cc21. The zero-order valence-corrected chi connectivity index (χ0v) is 44.2. The summed E-state index contributed by atoms with van der Waals surface area (Å²) >= 11 is 0. The van der Waals surface area contributed by atoms with Crippen molar-refractivity contribution in [1.29, 1.82) is 0 Å². The second-order valence-corrected chi connectivity index (χ2v) is 23.9. The number of nitrogens with two attached hydrogens (primary N) is 2. The Morgan fingerprint density at radius 2 is 0.816 bits per heavy atom. The molecule has 6 heterocycles. The molecule has 8 aromatic rings. The first-order valence-corrected chi connectivity index (χ1v) is 28.5. The Morgan fingerprint density at radius 3 is 1.20 bits per heavy atom. The third-order valence-electron chi connectivity index (χ3n) is 14.9. The molecule has 0 fully saturated rings. The summed E-state index contributed by atoms with van der Waals surface area (Å²) in [7, 11) is -6.76. The van der Waals surface area contributed by atoms with Crippen LogP contribution in [0, 0.1) is 27.7 Å². The van der Waals surface area contributed by atoms with Gasteiger partial charge in [0.25, 0.3) is 11.8 Å². The number of nitrogens with zero attached hydrogens (tertiary/aromatic N) is 2. The maximum absolute atomic E-state index is 13.1. The number of aromatic nitrogens is 2. The number of fused-ring (bicyclic) bond motifs is 16. The van der Waals surface area contributed by atoms with Crippen LogP contribution >= 0.6 is 0 Å². The van der Waals surface area contributed by atoms with Crippen LogP contribution in [-0.2, 0) is 42.2 Å². The topological polar surface area (TPSA) is 223 Å². The molecule has 0 saturated heterocycles. The molecule has 0 radical (unpaired) electrons. The predicted molar refractivity (Wildman–Crippen MR) is 291 cm³/mol. The number of sulfone groups is 2. The van der Waals surface area contributed by atoms with Gasteiger partial charge in [-0.2, -0.15) is 0 Å². The molecule has 14 nitrogen and oxygen atoms in total. The number of anilines is 2. The molecule has 0 saturated carbocycles. The number of benzene rings is 6. The number of carbonyl (C=O) groups excluding carboxylic acids is 2. The van der Waals surface area contributed by atoms with Gasteiger partial charge in [-0.05, 0) is 166 Å². The molecule has 2 aromatic heterocycles. The van der Waals surface area contributed by atoms with Crippen LogP contribution in [0.3, 0.4) is 0 Å². The molecule has 0 spiro atoms. The van der Waals surface area contributed by atoms with E-state index in [0.717, 1.165) is 89.3 Å². The molecule has 76 heavy (non-hydrogen) atoms. The van der Waals surface area contributed by atoms with Crippen LogP contribution in [-0.4, -0.2) is 51.1 Å². The molecular formula is C60H54N6O8S2. The van der Waals surface area contributed by atoms with E-state index in [-0.39, 0.29) is 36.2 Å². The van der Waals surface area contributed by atoms with Gasteiger partial charge in [0.1, 0.15) is 36.1 Å². The van der Waals surface area contributed by atoms with Gasteiger partial charge in [0.2, 0.25) is 0 Å². The standard InChI is InChI=1S/2C30H27N3O4S/c1-16-12-27(31)33-17(2)25(16)15-32-30(34)19-9-11-22-24(14-19)29-21-10-8-18(13-23(21)28(22)37-29)20-6-4-5-7-26(20)38(3,35)36;1-16-12-27(31)33-17(2)25(16)15-32-30(34)19-9-11-22-24(14-19)29-23-13-18(8-10-21(23)28(22)37-29)20-6-4-5-7-26(20)38(3,35)36/h2*4-14,28-29H,15H2,1-3H3,(H2,31,33)(H,32,34). The first kappa shape index (κ1) is 50.2. The Bertz CT molecular complexity index is 3960. The molecule has 4 atom stereocenters. The number of pyridine rings is 2. The Labute approximate surface area is 441 Å². The van der Waals surface area contributed by atoms with E-state index in [1.807, 2.05) is 125 Å². The van der Waals surface area contributed by atoms with Gasteiger partial charge < -0.3 is 31.6 Å². The van der Waals surface area contributed by atoms with Gasteiger partial charge in [-0.15, -0.1) is 0 Å². The zero-order chi connectivity index (χ0) is 53.5. The first-order chi connectivity index (χ1) is 36.2. The van der Waals surface area contributed by atoms with E-state index in [4.69, 9.17) is 20.9 Å². The number of nitrogens with one attached hydrogen (secondary N) is 2. The fourth-order valence-electron chi connectivity index (χ4n) is 11.2. The van der Waals surface area contributed by atoms with Crippen LogP contribution in [0.15, 0.2) is 143 Å². The van der Waals surface area contributed by atoms with E-state index in [1.165, 1.54) is 12.5 Å². The molecule has 16 heteroatoms. The van der Waals surface area contributed by atoms with E-state index in [0.29, 0.717) is 56.8 Å². The minimum atomic E-state index is -3.39. The van der Waals surface area contributed by atoms with Crippen LogP contribution in [0.1, 0.15) is 123 Å². The van der Waals surface area contributed by atoms with Crippen LogP contribution in [0.4, 0.5) is 11.6 Å². The van der Waals surface area contributed by atoms with E-state index in [1.54, 1.807) is 36.4 Å². The number of rotatable bonds is 10. The third kappa shape index (κ3) is 9.00. The molecule has 6 N–H and O–H groups in total. The molecule has 6 aromatic carbocycles. The zero-order valence-electron chi connectivity index (χ0n) is 42.6. The largest absolute Gasteiger partial charge is 0.384 e. The number of ether oxygens (including phenoxy) is 2. The summed E-state index contributed by atoms with van der Waals surface area (Å²) in [6.07, 6.45) is 1.42. The number of amides is 2. The summed E-state index contributed by atoms with van der Waals surface area (Å²) in [5, 5.41) is 6.01. The number of aryl methyl sites for hydroxylation is 4.